The van der Waals surface area contributed by atoms with Gasteiger partial charge in [-0.05, 0) is 103 Å². The van der Waals surface area contributed by atoms with Crippen LogP contribution in [0.15, 0.2) is 116 Å². The van der Waals surface area contributed by atoms with Crippen molar-refractivity contribution in [3.63, 3.8) is 0 Å². The summed E-state index contributed by atoms with van der Waals surface area (Å²) >= 11 is 0. The van der Waals surface area contributed by atoms with Gasteiger partial charge in [0.15, 0.2) is 0 Å². The number of hydrogen-bond donors (Lipinski definition) is 0. The number of fused-ring (bicyclic) bond motifs is 1. The van der Waals surface area contributed by atoms with Crippen molar-refractivity contribution in [1.29, 1.82) is 0 Å². The number of aryl methyl sites for hydroxylation is 2. The molecule has 0 fully saturated rings. The van der Waals surface area contributed by atoms with E-state index < -0.39 is 0 Å². The Balaban J connectivity index is 1.49. The molecule has 0 unspecified atom stereocenters. The zero-order chi connectivity index (χ0) is 28.1. The van der Waals surface area contributed by atoms with Gasteiger partial charge in [0.1, 0.15) is 0 Å². The second-order valence-electron chi connectivity index (χ2n) is 10.6. The molecule has 0 amide bonds. The van der Waals surface area contributed by atoms with E-state index in [-0.39, 0.29) is 0 Å². The Morgan fingerprint density at radius 2 is 1.40 bits per heavy atom. The highest BCUT2D eigenvalue weighted by atomic mass is 15.0. The Kier molecular flexibility index (Phi) is 8.31. The number of hydrogen-bond acceptors (Lipinski definition) is 0. The van der Waals surface area contributed by atoms with Gasteiger partial charge in [-0.2, -0.15) is 0 Å². The molecule has 0 atom stereocenters. The van der Waals surface area contributed by atoms with E-state index in [1.165, 1.54) is 66.8 Å². The maximum absolute atomic E-state index is 4.06. The highest BCUT2D eigenvalue weighted by molar-refractivity contribution is 5.90. The van der Waals surface area contributed by atoms with E-state index in [9.17, 15) is 0 Å². The van der Waals surface area contributed by atoms with Crippen LogP contribution in [-0.2, 0) is 19.3 Å². The number of benzene rings is 4. The first-order valence-corrected chi connectivity index (χ1v) is 14.4. The van der Waals surface area contributed by atoms with E-state index in [1.807, 2.05) is 6.08 Å². The molecule has 0 aliphatic heterocycles. The van der Waals surface area contributed by atoms with Crippen LogP contribution in [0.2, 0.25) is 0 Å². The second kappa shape index (κ2) is 12.2. The molecule has 4 aromatic carbocycles. The molecule has 5 rings (SSSR count). The van der Waals surface area contributed by atoms with Crippen LogP contribution < -0.4 is 0 Å². The van der Waals surface area contributed by atoms with Crippen molar-refractivity contribution < 1.29 is 0 Å². The molecule has 1 aromatic heterocycles. The largest absolute Gasteiger partial charge is 0.310 e. The second-order valence-corrected chi connectivity index (χ2v) is 10.6. The molecular formula is C39H39N. The third-order valence-electron chi connectivity index (χ3n) is 7.75. The minimum atomic E-state index is 0.886. The van der Waals surface area contributed by atoms with Gasteiger partial charge in [0.05, 0.1) is 5.52 Å². The summed E-state index contributed by atoms with van der Waals surface area (Å²) in [5.74, 6) is 0. The number of allylic oxidation sites excluding steroid dienone is 4. The maximum Gasteiger partial charge on any atom is 0.0537 e. The summed E-state index contributed by atoms with van der Waals surface area (Å²) in [5.41, 5.74) is 14.1. The van der Waals surface area contributed by atoms with Gasteiger partial charge in [0, 0.05) is 16.8 Å². The molecule has 0 N–H and O–H groups in total. The Morgan fingerprint density at radius 1 is 0.775 bits per heavy atom. The third kappa shape index (κ3) is 5.65. The van der Waals surface area contributed by atoms with Crippen molar-refractivity contribution in [1.82, 2.24) is 4.57 Å². The summed E-state index contributed by atoms with van der Waals surface area (Å²) in [7, 11) is 0. The Hall–Kier alpha value is -4.36. The van der Waals surface area contributed by atoms with Crippen molar-refractivity contribution in [2.75, 3.05) is 0 Å². The molecule has 0 aliphatic rings. The van der Waals surface area contributed by atoms with Crippen LogP contribution >= 0.6 is 0 Å². The van der Waals surface area contributed by atoms with E-state index in [1.54, 1.807) is 0 Å². The summed E-state index contributed by atoms with van der Waals surface area (Å²) in [6, 6.07) is 33.7. The summed E-state index contributed by atoms with van der Waals surface area (Å²) < 4.78 is 2.40. The predicted octanol–water partition coefficient (Wildman–Crippen LogP) is 10.3. The molecule has 0 aliphatic carbocycles. The molecular weight excluding hydrogens is 482 g/mol. The van der Waals surface area contributed by atoms with E-state index in [2.05, 4.69) is 148 Å². The summed E-state index contributed by atoms with van der Waals surface area (Å²) in [4.78, 5) is 0. The Labute approximate surface area is 239 Å². The summed E-state index contributed by atoms with van der Waals surface area (Å²) in [6.45, 7) is 12.6. The van der Waals surface area contributed by atoms with Gasteiger partial charge in [-0.15, -0.1) is 0 Å². The Morgan fingerprint density at radius 3 is 1.98 bits per heavy atom. The molecule has 1 heteroatoms. The summed E-state index contributed by atoms with van der Waals surface area (Å²) in [5, 5.41) is 1.34. The molecule has 0 bridgehead atoms. The number of nitrogens with zero attached hydrogens (tertiary/aromatic N) is 1. The molecule has 1 nitrogen and oxygen atoms in total. The first-order valence-electron chi connectivity index (χ1n) is 14.4. The van der Waals surface area contributed by atoms with E-state index in [0.29, 0.717) is 0 Å². The van der Waals surface area contributed by atoms with Crippen molar-refractivity contribution in [3.05, 3.63) is 160 Å². The highest BCUT2D eigenvalue weighted by Gasteiger charge is 2.15. The molecule has 200 valence electrons. The smallest absolute Gasteiger partial charge is 0.0537 e. The summed E-state index contributed by atoms with van der Waals surface area (Å²) in [6.07, 6.45) is 11.3. The standard InChI is InChI=1S/C39H39N/c1-6-12-38-36(9-4)37-13-10-11-14-39(37)40(38)35-21-19-30(20-22-35)24-32-25-31(23-29-17-15-28(5)16-18-29)26-34(27-32)33(7-2)8-3/h6-8,10-22,25-27H,2,9,23-24H2,1,3-5H3/b12-6-,33-8+. The molecule has 5 aromatic rings. The fourth-order valence-corrected chi connectivity index (χ4v) is 5.79. The molecule has 0 saturated carbocycles. The van der Waals surface area contributed by atoms with E-state index >= 15 is 0 Å². The topological polar surface area (TPSA) is 4.93 Å². The monoisotopic (exact) mass is 521 g/mol. The Bertz CT molecular complexity index is 1690. The fourth-order valence-electron chi connectivity index (χ4n) is 5.79. The first-order chi connectivity index (χ1) is 19.5. The van der Waals surface area contributed by atoms with Crippen LogP contribution in [0.5, 0.6) is 0 Å². The molecule has 1 heterocycles. The van der Waals surface area contributed by atoms with Crippen molar-refractivity contribution in [2.24, 2.45) is 0 Å². The molecule has 0 spiro atoms. The van der Waals surface area contributed by atoms with Gasteiger partial charge in [0.2, 0.25) is 0 Å². The maximum atomic E-state index is 4.06. The van der Waals surface area contributed by atoms with Gasteiger partial charge in [-0.1, -0.05) is 110 Å². The minimum Gasteiger partial charge on any atom is -0.310 e. The van der Waals surface area contributed by atoms with Crippen molar-refractivity contribution in [2.45, 2.75) is 47.0 Å². The minimum absolute atomic E-state index is 0.886. The van der Waals surface area contributed by atoms with Crippen LogP contribution in [0.3, 0.4) is 0 Å². The average molecular weight is 522 g/mol. The highest BCUT2D eigenvalue weighted by Crippen LogP contribution is 2.31. The zero-order valence-electron chi connectivity index (χ0n) is 24.2. The van der Waals surface area contributed by atoms with Gasteiger partial charge in [0.25, 0.3) is 0 Å². The van der Waals surface area contributed by atoms with E-state index in [4.69, 9.17) is 0 Å². The lowest BCUT2D eigenvalue weighted by molar-refractivity contribution is 1.05. The first kappa shape index (κ1) is 27.2. The fraction of sp³-hybridized carbons (Fsp3) is 0.179. The molecule has 40 heavy (non-hydrogen) atoms. The third-order valence-corrected chi connectivity index (χ3v) is 7.75. The van der Waals surface area contributed by atoms with E-state index in [0.717, 1.165) is 19.3 Å². The van der Waals surface area contributed by atoms with Crippen molar-refractivity contribution >= 4 is 22.6 Å². The van der Waals surface area contributed by atoms with Gasteiger partial charge in [-0.25, -0.2) is 0 Å². The molecule has 0 radical (unpaired) electrons. The number of para-hydroxylation sites is 1. The lowest BCUT2D eigenvalue weighted by atomic mass is 9.93. The lowest BCUT2D eigenvalue weighted by Gasteiger charge is -2.13. The quantitative estimate of drug-likeness (QED) is 0.170. The average Bonchev–Trinajstić information content (AvgIpc) is 3.28. The molecule has 0 saturated heterocycles. The normalized spacial score (nSPS) is 11.9. The zero-order valence-corrected chi connectivity index (χ0v) is 24.2. The van der Waals surface area contributed by atoms with Crippen LogP contribution in [0.1, 0.15) is 65.4 Å². The lowest BCUT2D eigenvalue weighted by Crippen LogP contribution is -1.99. The van der Waals surface area contributed by atoms with Gasteiger partial charge < -0.3 is 4.57 Å². The van der Waals surface area contributed by atoms with Crippen molar-refractivity contribution in [3.8, 4) is 5.69 Å². The SMILES string of the molecule is C=C/C(=C\C)c1cc(Cc2ccc(C)cc2)cc(Cc2ccc(-n3c(/C=C\C)c(CC)c4ccccc43)cc2)c1. The van der Waals surface area contributed by atoms with Crippen LogP contribution in [0, 0.1) is 6.92 Å². The van der Waals surface area contributed by atoms with Crippen LogP contribution in [0.25, 0.3) is 28.2 Å². The predicted molar refractivity (Wildman–Crippen MR) is 174 cm³/mol. The number of rotatable bonds is 9. The van der Waals surface area contributed by atoms with Crippen LogP contribution in [0.4, 0.5) is 0 Å². The van der Waals surface area contributed by atoms with Gasteiger partial charge in [-0.3, -0.25) is 0 Å². The van der Waals surface area contributed by atoms with Crippen LogP contribution in [-0.4, -0.2) is 4.57 Å². The number of aromatic nitrogens is 1. The van der Waals surface area contributed by atoms with Gasteiger partial charge >= 0.3 is 0 Å².